The van der Waals surface area contributed by atoms with Crippen LogP contribution in [0.25, 0.3) is 10.9 Å². The van der Waals surface area contributed by atoms with E-state index < -0.39 is 12.0 Å². The largest absolute Gasteiger partial charge is 0.480 e. The van der Waals surface area contributed by atoms with Gasteiger partial charge < -0.3 is 5.11 Å². The Morgan fingerprint density at radius 3 is 2.74 bits per heavy atom. The molecule has 138 valence electrons. The van der Waals surface area contributed by atoms with E-state index in [4.69, 9.17) is 28.2 Å². The van der Waals surface area contributed by atoms with Crippen molar-refractivity contribution in [3.63, 3.8) is 0 Å². The van der Waals surface area contributed by atoms with Crippen LogP contribution in [0.15, 0.2) is 54.6 Å². The first-order chi connectivity index (χ1) is 13.1. The molecule has 3 aromatic rings. The van der Waals surface area contributed by atoms with Crippen LogP contribution in [0.5, 0.6) is 0 Å². The molecule has 1 aliphatic heterocycles. The van der Waals surface area contributed by atoms with Gasteiger partial charge in [-0.25, -0.2) is 0 Å². The third-order valence-corrected chi connectivity index (χ3v) is 5.92. The fourth-order valence-corrected chi connectivity index (χ4v) is 4.25. The van der Waals surface area contributed by atoms with Gasteiger partial charge in [-0.15, -0.1) is 0 Å². The van der Waals surface area contributed by atoms with Gasteiger partial charge >= 0.3 is 5.97 Å². The fourth-order valence-electron chi connectivity index (χ4n) is 3.84. The first-order valence-electron chi connectivity index (χ1n) is 8.84. The van der Waals surface area contributed by atoms with Crippen molar-refractivity contribution in [1.82, 2.24) is 9.88 Å². The predicted octanol–water partition coefficient (Wildman–Crippen LogP) is 5.18. The monoisotopic (exact) mass is 400 g/mol. The smallest absolute Gasteiger partial charge is 0.320 e. The van der Waals surface area contributed by atoms with Gasteiger partial charge in [-0.1, -0.05) is 59.6 Å². The van der Waals surface area contributed by atoms with Crippen LogP contribution < -0.4 is 0 Å². The zero-order valence-corrected chi connectivity index (χ0v) is 16.0. The highest BCUT2D eigenvalue weighted by Crippen LogP contribution is 2.39. The van der Waals surface area contributed by atoms with Gasteiger partial charge in [-0.3, -0.25) is 14.7 Å². The number of hydrogen-bond acceptors (Lipinski definition) is 3. The van der Waals surface area contributed by atoms with E-state index in [-0.39, 0.29) is 6.04 Å². The Morgan fingerprint density at radius 2 is 1.93 bits per heavy atom. The second-order valence-electron chi connectivity index (χ2n) is 6.71. The lowest BCUT2D eigenvalue weighted by Crippen LogP contribution is -2.39. The summed E-state index contributed by atoms with van der Waals surface area (Å²) in [7, 11) is 0. The average Bonchev–Trinajstić information content (AvgIpc) is 3.15. The topological polar surface area (TPSA) is 53.4 Å². The summed E-state index contributed by atoms with van der Waals surface area (Å²) in [6.45, 7) is 0.666. The first kappa shape index (κ1) is 18.2. The van der Waals surface area contributed by atoms with Crippen LogP contribution in [0, 0.1) is 0 Å². The molecule has 4 rings (SSSR count). The normalized spacial score (nSPS) is 18.7. The summed E-state index contributed by atoms with van der Waals surface area (Å²) in [5, 5.41) is 11.6. The Labute approximate surface area is 167 Å². The zero-order chi connectivity index (χ0) is 19.0. The number of nitrogens with zero attached hydrogens (tertiary/aromatic N) is 2. The number of hydrogen-bond donors (Lipinski definition) is 1. The molecule has 0 amide bonds. The van der Waals surface area contributed by atoms with E-state index in [0.717, 1.165) is 28.6 Å². The molecule has 0 bridgehead atoms. The van der Waals surface area contributed by atoms with E-state index in [1.807, 2.05) is 53.4 Å². The van der Waals surface area contributed by atoms with Crippen LogP contribution in [0.4, 0.5) is 0 Å². The van der Waals surface area contributed by atoms with Crippen LogP contribution in [-0.2, 0) is 4.79 Å². The summed E-state index contributed by atoms with van der Waals surface area (Å²) in [6, 6.07) is 16.3. The molecular weight excluding hydrogens is 383 g/mol. The lowest BCUT2D eigenvalue weighted by molar-refractivity contribution is -0.142. The van der Waals surface area contributed by atoms with Gasteiger partial charge in [0.2, 0.25) is 0 Å². The van der Waals surface area contributed by atoms with Crippen molar-refractivity contribution < 1.29 is 9.90 Å². The molecule has 2 unspecified atom stereocenters. The maximum atomic E-state index is 11.8. The Kier molecular flexibility index (Phi) is 5.04. The van der Waals surface area contributed by atoms with Crippen molar-refractivity contribution in [3.05, 3.63) is 75.9 Å². The number of carbonyl (C=O) groups is 1. The van der Waals surface area contributed by atoms with Gasteiger partial charge in [-0.2, -0.15) is 0 Å². The molecule has 2 heterocycles. The Hall–Kier alpha value is -2.14. The van der Waals surface area contributed by atoms with Crippen LogP contribution in [-0.4, -0.2) is 33.5 Å². The number of likely N-dealkylation sites (tertiary alicyclic amines) is 1. The molecule has 2 atom stereocenters. The van der Waals surface area contributed by atoms with Crippen LogP contribution in [0.2, 0.25) is 10.0 Å². The summed E-state index contributed by atoms with van der Waals surface area (Å²) in [5.41, 5.74) is 2.41. The molecule has 1 saturated heterocycles. The van der Waals surface area contributed by atoms with Crippen molar-refractivity contribution >= 4 is 40.1 Å². The van der Waals surface area contributed by atoms with Gasteiger partial charge in [0.05, 0.1) is 27.3 Å². The maximum absolute atomic E-state index is 11.8. The lowest BCUT2D eigenvalue weighted by Gasteiger charge is -2.32. The molecule has 0 aliphatic carbocycles. The number of rotatable bonds is 4. The van der Waals surface area contributed by atoms with Gasteiger partial charge in [-0.05, 0) is 36.6 Å². The number of aromatic nitrogens is 1. The lowest BCUT2D eigenvalue weighted by atomic mass is 9.99. The van der Waals surface area contributed by atoms with Gasteiger partial charge in [0.1, 0.15) is 6.04 Å². The molecule has 1 fully saturated rings. The van der Waals surface area contributed by atoms with E-state index in [2.05, 4.69) is 0 Å². The molecule has 27 heavy (non-hydrogen) atoms. The number of halogens is 2. The number of fused-ring (bicyclic) bond motifs is 1. The second kappa shape index (κ2) is 7.47. The predicted molar refractivity (Wildman–Crippen MR) is 107 cm³/mol. The number of aliphatic carboxylic acids is 1. The number of carboxylic acids is 1. The summed E-state index contributed by atoms with van der Waals surface area (Å²) in [6.07, 6.45) is 1.43. The third-order valence-electron chi connectivity index (χ3n) is 5.09. The van der Waals surface area contributed by atoms with E-state index in [1.54, 1.807) is 6.07 Å². The van der Waals surface area contributed by atoms with Crippen molar-refractivity contribution in [1.29, 1.82) is 0 Å². The summed E-state index contributed by atoms with van der Waals surface area (Å²) in [4.78, 5) is 18.6. The van der Waals surface area contributed by atoms with E-state index in [9.17, 15) is 9.90 Å². The highest BCUT2D eigenvalue weighted by atomic mass is 35.5. The third kappa shape index (κ3) is 3.41. The fraction of sp³-hybridized carbons (Fsp3) is 0.238. The Bertz CT molecular complexity index is 1010. The molecule has 2 aromatic carbocycles. The molecule has 1 N–H and O–H groups in total. The van der Waals surface area contributed by atoms with Crippen LogP contribution in [0.3, 0.4) is 0 Å². The molecule has 0 saturated carbocycles. The highest BCUT2D eigenvalue weighted by Gasteiger charge is 2.38. The number of pyridine rings is 1. The van der Waals surface area contributed by atoms with E-state index in [1.165, 1.54) is 0 Å². The molecule has 1 aromatic heterocycles. The SMILES string of the molecule is O=C(O)C1CCCN1C(c1ccc2ccccc2n1)c1cccc(Cl)c1Cl. The summed E-state index contributed by atoms with van der Waals surface area (Å²) in [5.74, 6) is -0.823. The molecule has 1 aliphatic rings. The minimum Gasteiger partial charge on any atom is -0.480 e. The van der Waals surface area contributed by atoms with E-state index >= 15 is 0 Å². The Balaban J connectivity index is 1.89. The zero-order valence-electron chi connectivity index (χ0n) is 14.5. The van der Waals surface area contributed by atoms with Gasteiger partial charge in [0, 0.05) is 11.9 Å². The van der Waals surface area contributed by atoms with Crippen LogP contribution >= 0.6 is 23.2 Å². The summed E-state index contributed by atoms with van der Waals surface area (Å²) < 4.78 is 0. The molecule has 0 spiro atoms. The highest BCUT2D eigenvalue weighted by molar-refractivity contribution is 6.42. The minimum atomic E-state index is -0.823. The van der Waals surface area contributed by atoms with Crippen LogP contribution in [0.1, 0.15) is 30.1 Å². The molecular formula is C21H18Cl2N2O2. The first-order valence-corrected chi connectivity index (χ1v) is 9.60. The molecule has 4 nitrogen and oxygen atoms in total. The standard InChI is InChI=1S/C21H18Cl2N2O2/c22-15-7-3-6-14(19(15)23)20(25-12-4-9-18(25)21(26)27)17-11-10-13-5-1-2-8-16(13)24-17/h1-3,5-8,10-11,18,20H,4,9,12H2,(H,26,27). The number of carboxylic acid groups (broad SMARTS) is 1. The van der Waals surface area contributed by atoms with Gasteiger partial charge in [0.15, 0.2) is 0 Å². The van der Waals surface area contributed by atoms with Crippen molar-refractivity contribution in [2.24, 2.45) is 0 Å². The van der Waals surface area contributed by atoms with Crippen molar-refractivity contribution in [3.8, 4) is 0 Å². The Morgan fingerprint density at radius 1 is 1.11 bits per heavy atom. The summed E-state index contributed by atoms with van der Waals surface area (Å²) >= 11 is 12.8. The van der Waals surface area contributed by atoms with Crippen molar-refractivity contribution in [2.45, 2.75) is 24.9 Å². The quantitative estimate of drug-likeness (QED) is 0.655. The second-order valence-corrected chi connectivity index (χ2v) is 7.49. The molecule has 0 radical (unpaired) electrons. The van der Waals surface area contributed by atoms with Crippen molar-refractivity contribution in [2.75, 3.05) is 6.54 Å². The minimum absolute atomic E-state index is 0.371. The van der Waals surface area contributed by atoms with E-state index in [0.29, 0.717) is 23.0 Å². The molecule has 6 heteroatoms. The maximum Gasteiger partial charge on any atom is 0.320 e. The number of para-hydroxylation sites is 1. The number of benzene rings is 2. The van der Waals surface area contributed by atoms with Gasteiger partial charge in [0.25, 0.3) is 0 Å². The average molecular weight is 401 g/mol.